The molecule has 2 nitrogen and oxygen atoms in total. The summed E-state index contributed by atoms with van der Waals surface area (Å²) in [5.41, 5.74) is 3.14. The van der Waals surface area contributed by atoms with Crippen molar-refractivity contribution in [2.45, 2.75) is 77.7 Å². The van der Waals surface area contributed by atoms with E-state index in [1.165, 1.54) is 56.4 Å². The average Bonchev–Trinajstić information content (AvgIpc) is 2.77. The molecule has 2 aromatic rings. The maximum atomic E-state index is 10.2. The van der Waals surface area contributed by atoms with Crippen molar-refractivity contribution in [1.82, 2.24) is 5.06 Å². The Hall–Kier alpha value is -1.50. The molecule has 168 valence electrons. The summed E-state index contributed by atoms with van der Waals surface area (Å²) in [6.07, 6.45) is 12.3. The molecule has 0 heterocycles. The van der Waals surface area contributed by atoms with Gasteiger partial charge in [0.2, 0.25) is 0 Å². The summed E-state index contributed by atoms with van der Waals surface area (Å²) in [7, 11) is 0. The minimum absolute atomic E-state index is 0.479. The molecular formula is C27H35Cl2NO. The van der Waals surface area contributed by atoms with Crippen LogP contribution in [0.1, 0.15) is 81.4 Å². The van der Waals surface area contributed by atoms with Crippen LogP contribution in [0.4, 0.5) is 0 Å². The van der Waals surface area contributed by atoms with Gasteiger partial charge in [-0.15, -0.1) is 0 Å². The van der Waals surface area contributed by atoms with E-state index < -0.39 is 0 Å². The summed E-state index contributed by atoms with van der Waals surface area (Å²) in [6.45, 7) is 3.26. The molecular weight excluding hydrogens is 425 g/mol. The number of hydrogen-bond donors (Lipinski definition) is 1. The van der Waals surface area contributed by atoms with Crippen molar-refractivity contribution >= 4 is 23.2 Å². The third-order valence-corrected chi connectivity index (χ3v) is 6.09. The highest BCUT2D eigenvalue weighted by Gasteiger charge is 2.05. The molecule has 1 N–H and O–H groups in total. The summed E-state index contributed by atoms with van der Waals surface area (Å²) < 4.78 is 0. The normalized spacial score (nSPS) is 10.9. The highest BCUT2D eigenvalue weighted by atomic mass is 35.5. The van der Waals surface area contributed by atoms with Crippen LogP contribution in [0.3, 0.4) is 0 Å². The van der Waals surface area contributed by atoms with Crippen LogP contribution >= 0.6 is 23.2 Å². The largest absolute Gasteiger partial charge is 0.314 e. The Labute approximate surface area is 198 Å². The standard InChI is InChI=1S/C27H35Cl2NO/c1-2-3-4-5-6-7-8-9-10-11-12-23-13-15-25(16-14-23)22-30(31)20-19-24-17-18-26(28)27(29)21-24/h13-18,21,31H,2-10,19-20,22H2,1H3. The summed E-state index contributed by atoms with van der Waals surface area (Å²) in [5, 5.41) is 12.6. The third kappa shape index (κ3) is 11.1. The van der Waals surface area contributed by atoms with Crippen molar-refractivity contribution in [3.05, 3.63) is 69.2 Å². The molecule has 0 spiro atoms. The molecule has 0 aromatic heterocycles. The van der Waals surface area contributed by atoms with Gasteiger partial charge in [0.15, 0.2) is 0 Å². The average molecular weight is 460 g/mol. The van der Waals surface area contributed by atoms with Gasteiger partial charge < -0.3 is 5.21 Å². The van der Waals surface area contributed by atoms with Crippen LogP contribution in [0.2, 0.25) is 10.0 Å². The lowest BCUT2D eigenvalue weighted by atomic mass is 10.1. The number of hydrogen-bond acceptors (Lipinski definition) is 2. The Balaban J connectivity index is 1.64. The lowest BCUT2D eigenvalue weighted by Gasteiger charge is -2.15. The Kier molecular flexibility index (Phi) is 12.7. The molecule has 2 rings (SSSR count). The van der Waals surface area contributed by atoms with Crippen molar-refractivity contribution in [3.8, 4) is 11.8 Å². The van der Waals surface area contributed by atoms with Crippen molar-refractivity contribution < 1.29 is 5.21 Å². The Morgan fingerprint density at radius 3 is 2.13 bits per heavy atom. The van der Waals surface area contributed by atoms with Crippen LogP contribution in [0.25, 0.3) is 0 Å². The van der Waals surface area contributed by atoms with E-state index in [2.05, 4.69) is 18.8 Å². The molecule has 2 aromatic carbocycles. The third-order valence-electron chi connectivity index (χ3n) is 5.35. The zero-order chi connectivity index (χ0) is 22.3. The van der Waals surface area contributed by atoms with Crippen molar-refractivity contribution in [2.24, 2.45) is 0 Å². The van der Waals surface area contributed by atoms with Gasteiger partial charge in [0.25, 0.3) is 0 Å². The van der Waals surface area contributed by atoms with Gasteiger partial charge in [-0.1, -0.05) is 105 Å². The molecule has 0 saturated heterocycles. The molecule has 0 aliphatic carbocycles. The minimum Gasteiger partial charge on any atom is -0.314 e. The van der Waals surface area contributed by atoms with Gasteiger partial charge in [-0.05, 0) is 48.2 Å². The minimum atomic E-state index is 0.479. The van der Waals surface area contributed by atoms with E-state index in [4.69, 9.17) is 23.2 Å². The number of halogens is 2. The molecule has 0 bridgehead atoms. The first-order chi connectivity index (χ1) is 15.1. The highest BCUT2D eigenvalue weighted by molar-refractivity contribution is 6.42. The molecule has 0 saturated carbocycles. The summed E-state index contributed by atoms with van der Waals surface area (Å²) in [4.78, 5) is 0. The first kappa shape index (κ1) is 25.8. The van der Waals surface area contributed by atoms with Gasteiger partial charge >= 0.3 is 0 Å². The van der Waals surface area contributed by atoms with Crippen LogP contribution in [0, 0.1) is 11.8 Å². The van der Waals surface area contributed by atoms with Crippen molar-refractivity contribution in [1.29, 1.82) is 0 Å². The second-order valence-corrected chi connectivity index (χ2v) is 8.92. The predicted octanol–water partition coefficient (Wildman–Crippen LogP) is 8.31. The maximum absolute atomic E-state index is 10.2. The zero-order valence-corrected chi connectivity index (χ0v) is 20.2. The summed E-state index contributed by atoms with van der Waals surface area (Å²) >= 11 is 12.0. The van der Waals surface area contributed by atoms with Gasteiger partial charge in [0.05, 0.1) is 10.0 Å². The topological polar surface area (TPSA) is 23.5 Å². The number of benzene rings is 2. The molecule has 0 unspecified atom stereocenters. The molecule has 31 heavy (non-hydrogen) atoms. The predicted molar refractivity (Wildman–Crippen MR) is 133 cm³/mol. The fraction of sp³-hybridized carbons (Fsp3) is 0.481. The zero-order valence-electron chi connectivity index (χ0n) is 18.7. The maximum Gasteiger partial charge on any atom is 0.0595 e. The first-order valence-electron chi connectivity index (χ1n) is 11.5. The fourth-order valence-corrected chi connectivity index (χ4v) is 3.77. The van der Waals surface area contributed by atoms with E-state index in [-0.39, 0.29) is 0 Å². The highest BCUT2D eigenvalue weighted by Crippen LogP contribution is 2.23. The van der Waals surface area contributed by atoms with Crippen LogP contribution < -0.4 is 0 Å². The van der Waals surface area contributed by atoms with Gasteiger partial charge in [0.1, 0.15) is 0 Å². The van der Waals surface area contributed by atoms with E-state index in [0.717, 1.165) is 23.1 Å². The lowest BCUT2D eigenvalue weighted by molar-refractivity contribution is -0.0982. The van der Waals surface area contributed by atoms with E-state index in [1.807, 2.05) is 36.4 Å². The van der Waals surface area contributed by atoms with Crippen LogP contribution in [-0.2, 0) is 13.0 Å². The van der Waals surface area contributed by atoms with E-state index in [0.29, 0.717) is 29.6 Å². The summed E-state index contributed by atoms with van der Waals surface area (Å²) in [5.74, 6) is 6.54. The van der Waals surface area contributed by atoms with E-state index in [9.17, 15) is 5.21 Å². The lowest BCUT2D eigenvalue weighted by Crippen LogP contribution is -2.21. The van der Waals surface area contributed by atoms with Crippen molar-refractivity contribution in [3.63, 3.8) is 0 Å². The molecule has 0 radical (unpaired) electrons. The number of rotatable bonds is 13. The molecule has 0 aliphatic rings. The molecule has 0 fully saturated rings. The number of unbranched alkanes of at least 4 members (excludes halogenated alkanes) is 8. The van der Waals surface area contributed by atoms with Crippen molar-refractivity contribution in [2.75, 3.05) is 6.54 Å². The Morgan fingerprint density at radius 1 is 0.806 bits per heavy atom. The van der Waals surface area contributed by atoms with Gasteiger partial charge in [-0.2, -0.15) is 5.06 Å². The number of hydroxylamine groups is 2. The molecule has 0 atom stereocenters. The summed E-state index contributed by atoms with van der Waals surface area (Å²) in [6, 6.07) is 13.7. The van der Waals surface area contributed by atoms with Crippen LogP contribution in [0.5, 0.6) is 0 Å². The Bertz CT molecular complexity index is 823. The molecule has 0 aliphatic heterocycles. The van der Waals surface area contributed by atoms with Gasteiger partial charge in [0, 0.05) is 25.1 Å². The second-order valence-electron chi connectivity index (χ2n) is 8.11. The molecule has 4 heteroatoms. The number of nitrogens with zero attached hydrogens (tertiary/aromatic N) is 1. The second kappa shape index (κ2) is 15.3. The SMILES string of the molecule is CCCCCCCCCCC#Cc1ccc(CN(O)CCc2ccc(Cl)c(Cl)c2)cc1. The van der Waals surface area contributed by atoms with Gasteiger partial charge in [-0.25, -0.2) is 0 Å². The van der Waals surface area contributed by atoms with Gasteiger partial charge in [-0.3, -0.25) is 0 Å². The monoisotopic (exact) mass is 459 g/mol. The Morgan fingerprint density at radius 2 is 1.45 bits per heavy atom. The quantitative estimate of drug-likeness (QED) is 0.185. The smallest absolute Gasteiger partial charge is 0.0595 e. The fourth-order valence-electron chi connectivity index (χ4n) is 3.45. The first-order valence-corrected chi connectivity index (χ1v) is 12.3. The van der Waals surface area contributed by atoms with Crippen LogP contribution in [0.15, 0.2) is 42.5 Å². The van der Waals surface area contributed by atoms with E-state index in [1.54, 1.807) is 6.07 Å². The van der Waals surface area contributed by atoms with E-state index >= 15 is 0 Å². The van der Waals surface area contributed by atoms with Crippen LogP contribution in [-0.4, -0.2) is 16.8 Å². The molecule has 0 amide bonds.